The van der Waals surface area contributed by atoms with E-state index in [1.807, 2.05) is 24.3 Å². The molecule has 1 aliphatic carbocycles. The molecular formula is C14H12BrNO5. The van der Waals surface area contributed by atoms with Crippen LogP contribution in [0.4, 0.5) is 0 Å². The Kier molecular flexibility index (Phi) is 3.44. The van der Waals surface area contributed by atoms with Crippen LogP contribution in [0.3, 0.4) is 0 Å². The summed E-state index contributed by atoms with van der Waals surface area (Å²) in [6.45, 7) is 0. The minimum Gasteiger partial charge on any atom is -0.481 e. The highest BCUT2D eigenvalue weighted by Gasteiger charge is 2.56. The molecule has 3 rings (SSSR count). The van der Waals surface area contributed by atoms with E-state index in [1.54, 1.807) is 0 Å². The summed E-state index contributed by atoms with van der Waals surface area (Å²) in [4.78, 5) is 28.0. The van der Waals surface area contributed by atoms with Crippen LogP contribution >= 0.6 is 15.9 Å². The number of halogens is 1. The van der Waals surface area contributed by atoms with Gasteiger partial charge in [-0.25, -0.2) is 0 Å². The lowest BCUT2D eigenvalue weighted by Gasteiger charge is -2.15. The molecule has 2 aliphatic rings. The topological polar surface area (TPSA) is 96.2 Å². The molecule has 7 heteroatoms. The van der Waals surface area contributed by atoms with Crippen LogP contribution < -0.4 is 0 Å². The maximum atomic E-state index is 11.4. The van der Waals surface area contributed by atoms with E-state index in [-0.39, 0.29) is 6.42 Å². The molecule has 1 heterocycles. The van der Waals surface area contributed by atoms with Crippen molar-refractivity contribution in [2.45, 2.75) is 12.5 Å². The molecule has 0 bridgehead atoms. The maximum absolute atomic E-state index is 11.4. The molecule has 1 aromatic rings. The van der Waals surface area contributed by atoms with Crippen molar-refractivity contribution in [2.75, 3.05) is 0 Å². The van der Waals surface area contributed by atoms with Crippen molar-refractivity contribution in [2.24, 2.45) is 22.9 Å². The highest BCUT2D eigenvalue weighted by molar-refractivity contribution is 9.10. The minimum absolute atomic E-state index is 0.0650. The third-order valence-corrected chi connectivity index (χ3v) is 4.58. The second kappa shape index (κ2) is 5.14. The number of carboxylic acids is 2. The van der Waals surface area contributed by atoms with Gasteiger partial charge in [0.15, 0.2) is 0 Å². The van der Waals surface area contributed by atoms with Crippen molar-refractivity contribution < 1.29 is 24.6 Å². The third-order valence-electron chi connectivity index (χ3n) is 4.05. The van der Waals surface area contributed by atoms with E-state index >= 15 is 0 Å². The first-order chi connectivity index (χ1) is 9.99. The predicted molar refractivity (Wildman–Crippen MR) is 75.9 cm³/mol. The van der Waals surface area contributed by atoms with Gasteiger partial charge in [0.2, 0.25) is 0 Å². The largest absolute Gasteiger partial charge is 0.481 e. The molecule has 0 spiro atoms. The number of carboxylic acid groups (broad SMARTS) is 2. The van der Waals surface area contributed by atoms with E-state index in [4.69, 9.17) is 4.84 Å². The Balaban J connectivity index is 1.96. The lowest BCUT2D eigenvalue weighted by atomic mass is 9.87. The fourth-order valence-corrected chi connectivity index (χ4v) is 3.32. The van der Waals surface area contributed by atoms with Gasteiger partial charge in [0.05, 0.1) is 23.5 Å². The molecule has 6 nitrogen and oxygen atoms in total. The van der Waals surface area contributed by atoms with E-state index in [0.29, 0.717) is 5.71 Å². The van der Waals surface area contributed by atoms with Gasteiger partial charge in [-0.1, -0.05) is 33.2 Å². The minimum atomic E-state index is -1.04. The van der Waals surface area contributed by atoms with Crippen LogP contribution in [0, 0.1) is 17.8 Å². The van der Waals surface area contributed by atoms with Crippen molar-refractivity contribution in [3.05, 3.63) is 34.3 Å². The molecule has 0 unspecified atom stereocenters. The van der Waals surface area contributed by atoms with Gasteiger partial charge in [0.25, 0.3) is 0 Å². The standard InChI is InChI=1S/C14H12BrNO5/c15-7-3-1-6(2-4-7)11-10-8(13(17)18)5-9(14(19)20)12(10)21-16-11/h1-4,8-10,12H,5H2,(H,17,18)(H,19,20)/t8-,9+,10+,12+/m0/s1. The molecule has 0 radical (unpaired) electrons. The van der Waals surface area contributed by atoms with Gasteiger partial charge in [-0.3, -0.25) is 9.59 Å². The quantitative estimate of drug-likeness (QED) is 0.865. The van der Waals surface area contributed by atoms with Crippen LogP contribution in [0.2, 0.25) is 0 Å². The number of aliphatic carboxylic acids is 2. The van der Waals surface area contributed by atoms with Gasteiger partial charge in [0.1, 0.15) is 6.10 Å². The SMILES string of the molecule is O=C(O)[C@H]1C[C@@H](C(=O)O)[C@H]2ON=C(c3ccc(Br)cc3)[C@H]21. The number of nitrogens with zero attached hydrogens (tertiary/aromatic N) is 1. The van der Waals surface area contributed by atoms with Crippen molar-refractivity contribution in [3.63, 3.8) is 0 Å². The van der Waals surface area contributed by atoms with Crippen LogP contribution in [0.5, 0.6) is 0 Å². The summed E-state index contributed by atoms with van der Waals surface area (Å²) in [5.41, 5.74) is 1.27. The van der Waals surface area contributed by atoms with Crippen LogP contribution in [0.25, 0.3) is 0 Å². The van der Waals surface area contributed by atoms with E-state index in [1.165, 1.54) is 0 Å². The number of hydrogen-bond acceptors (Lipinski definition) is 4. The number of hydrogen-bond donors (Lipinski definition) is 2. The molecule has 4 atom stereocenters. The van der Waals surface area contributed by atoms with Gasteiger partial charge >= 0.3 is 11.9 Å². The monoisotopic (exact) mass is 353 g/mol. The Hall–Kier alpha value is -1.89. The number of rotatable bonds is 3. The van der Waals surface area contributed by atoms with Gasteiger partial charge in [-0.05, 0) is 24.1 Å². The highest BCUT2D eigenvalue weighted by atomic mass is 79.9. The van der Waals surface area contributed by atoms with E-state index in [2.05, 4.69) is 21.1 Å². The molecule has 1 aliphatic heterocycles. The second-order valence-corrected chi connectivity index (χ2v) is 6.12. The van der Waals surface area contributed by atoms with Gasteiger partial charge in [-0.15, -0.1) is 0 Å². The summed E-state index contributed by atoms with van der Waals surface area (Å²) >= 11 is 3.33. The zero-order valence-electron chi connectivity index (χ0n) is 10.8. The summed E-state index contributed by atoms with van der Waals surface area (Å²) in [7, 11) is 0. The van der Waals surface area contributed by atoms with Crippen molar-refractivity contribution in [3.8, 4) is 0 Å². The predicted octanol–water partition coefficient (Wildman–Crippen LogP) is 1.97. The highest BCUT2D eigenvalue weighted by Crippen LogP contribution is 2.44. The Morgan fingerprint density at radius 3 is 2.33 bits per heavy atom. The fourth-order valence-electron chi connectivity index (χ4n) is 3.06. The lowest BCUT2D eigenvalue weighted by molar-refractivity contribution is -0.145. The molecule has 1 aromatic carbocycles. The third kappa shape index (κ3) is 2.31. The van der Waals surface area contributed by atoms with Gasteiger partial charge < -0.3 is 15.1 Å². The van der Waals surface area contributed by atoms with Gasteiger partial charge in [0, 0.05) is 4.47 Å². The molecule has 2 N–H and O–H groups in total. The number of oxime groups is 1. The second-order valence-electron chi connectivity index (χ2n) is 5.20. The number of carbonyl (C=O) groups is 2. The Morgan fingerprint density at radius 1 is 1.14 bits per heavy atom. The average Bonchev–Trinajstić information content (AvgIpc) is 2.99. The van der Waals surface area contributed by atoms with Crippen molar-refractivity contribution >= 4 is 33.6 Å². The molecule has 0 saturated heterocycles. The zero-order valence-corrected chi connectivity index (χ0v) is 12.4. The molecular weight excluding hydrogens is 342 g/mol. The summed E-state index contributed by atoms with van der Waals surface area (Å²) in [6, 6.07) is 7.26. The molecule has 110 valence electrons. The Morgan fingerprint density at radius 2 is 1.76 bits per heavy atom. The van der Waals surface area contributed by atoms with Crippen LogP contribution in [-0.2, 0) is 14.4 Å². The molecule has 0 amide bonds. The lowest BCUT2D eigenvalue weighted by Crippen LogP contribution is -2.31. The fraction of sp³-hybridized carbons (Fsp3) is 0.357. The summed E-state index contributed by atoms with van der Waals surface area (Å²) in [5, 5.41) is 22.5. The molecule has 0 aromatic heterocycles. The Labute approximate surface area is 128 Å². The Bertz CT molecular complexity index is 627. The van der Waals surface area contributed by atoms with Gasteiger partial charge in [-0.2, -0.15) is 0 Å². The first-order valence-corrected chi connectivity index (χ1v) is 7.23. The zero-order chi connectivity index (χ0) is 15.1. The molecule has 1 saturated carbocycles. The van der Waals surface area contributed by atoms with Crippen molar-refractivity contribution in [1.82, 2.24) is 0 Å². The first-order valence-electron chi connectivity index (χ1n) is 6.44. The smallest absolute Gasteiger partial charge is 0.310 e. The van der Waals surface area contributed by atoms with Crippen molar-refractivity contribution in [1.29, 1.82) is 0 Å². The number of fused-ring (bicyclic) bond motifs is 1. The van der Waals surface area contributed by atoms with E-state index in [9.17, 15) is 19.8 Å². The molecule has 1 fully saturated rings. The van der Waals surface area contributed by atoms with Crippen LogP contribution in [-0.4, -0.2) is 34.0 Å². The number of benzene rings is 1. The maximum Gasteiger partial charge on any atom is 0.310 e. The summed E-state index contributed by atoms with van der Waals surface area (Å²) in [6.07, 6.45) is -0.641. The average molecular weight is 354 g/mol. The van der Waals surface area contributed by atoms with E-state index < -0.39 is 35.8 Å². The summed E-state index contributed by atoms with van der Waals surface area (Å²) in [5.74, 6) is -4.20. The molecule has 21 heavy (non-hydrogen) atoms. The van der Waals surface area contributed by atoms with E-state index in [0.717, 1.165) is 10.0 Å². The first kappa shape index (κ1) is 14.1. The van der Waals surface area contributed by atoms with Crippen LogP contribution in [0.1, 0.15) is 12.0 Å². The normalized spacial score (nSPS) is 30.4. The summed E-state index contributed by atoms with van der Waals surface area (Å²) < 4.78 is 0.895. The van der Waals surface area contributed by atoms with Crippen LogP contribution in [0.15, 0.2) is 33.9 Å².